The number of hydrogen-bond acceptors (Lipinski definition) is 5. The van der Waals surface area contributed by atoms with Crippen molar-refractivity contribution >= 4 is 27.3 Å². The minimum atomic E-state index is -0.398. The molecule has 0 aromatic heterocycles. The number of benzene rings is 1. The number of nitrogens with zero attached hydrogens (tertiary/aromatic N) is 2. The van der Waals surface area contributed by atoms with Gasteiger partial charge < -0.3 is 14.7 Å². The van der Waals surface area contributed by atoms with Crippen molar-refractivity contribution in [1.29, 1.82) is 0 Å². The zero-order valence-corrected chi connectivity index (χ0v) is 11.2. The molecule has 6 nitrogen and oxygen atoms in total. The van der Waals surface area contributed by atoms with Gasteiger partial charge in [0.2, 0.25) is 0 Å². The van der Waals surface area contributed by atoms with E-state index in [0.717, 1.165) is 4.47 Å². The summed E-state index contributed by atoms with van der Waals surface area (Å²) < 4.78 is 6.12. The maximum absolute atomic E-state index is 11.0. The highest BCUT2D eigenvalue weighted by Gasteiger charge is 2.25. The molecule has 0 radical (unpaired) electrons. The van der Waals surface area contributed by atoms with Crippen LogP contribution in [0.1, 0.15) is 0 Å². The lowest BCUT2D eigenvalue weighted by Crippen LogP contribution is -2.44. The van der Waals surface area contributed by atoms with Gasteiger partial charge in [-0.3, -0.25) is 10.1 Å². The van der Waals surface area contributed by atoms with Gasteiger partial charge in [0.25, 0.3) is 5.69 Å². The van der Waals surface area contributed by atoms with Crippen molar-refractivity contribution in [3.05, 3.63) is 32.8 Å². The molecule has 1 unspecified atom stereocenters. The van der Waals surface area contributed by atoms with E-state index in [1.807, 2.05) is 4.90 Å². The SMILES string of the molecule is O=[N+]([O-])c1ccc(Br)cc1N1CCOC(CO)C1. The monoisotopic (exact) mass is 316 g/mol. The number of aliphatic hydroxyl groups is 1. The van der Waals surface area contributed by atoms with E-state index in [9.17, 15) is 10.1 Å². The van der Waals surface area contributed by atoms with Crippen LogP contribution in [0, 0.1) is 10.1 Å². The molecule has 1 aromatic rings. The summed E-state index contributed by atoms with van der Waals surface area (Å²) >= 11 is 3.31. The molecule has 98 valence electrons. The molecule has 0 spiro atoms. The number of ether oxygens (including phenoxy) is 1. The third kappa shape index (κ3) is 2.80. The minimum Gasteiger partial charge on any atom is -0.394 e. The van der Waals surface area contributed by atoms with Crippen LogP contribution in [0.15, 0.2) is 22.7 Å². The van der Waals surface area contributed by atoms with Crippen LogP contribution in [0.2, 0.25) is 0 Å². The van der Waals surface area contributed by atoms with E-state index in [4.69, 9.17) is 9.84 Å². The quantitative estimate of drug-likeness (QED) is 0.676. The van der Waals surface area contributed by atoms with Crippen LogP contribution in [0.5, 0.6) is 0 Å². The molecule has 0 amide bonds. The van der Waals surface area contributed by atoms with Crippen molar-refractivity contribution in [3.8, 4) is 0 Å². The van der Waals surface area contributed by atoms with Crippen molar-refractivity contribution in [1.82, 2.24) is 0 Å². The van der Waals surface area contributed by atoms with Crippen LogP contribution in [0.3, 0.4) is 0 Å². The van der Waals surface area contributed by atoms with E-state index in [1.54, 1.807) is 12.1 Å². The number of nitro groups is 1. The first-order valence-electron chi connectivity index (χ1n) is 5.53. The van der Waals surface area contributed by atoms with Crippen LogP contribution >= 0.6 is 15.9 Å². The van der Waals surface area contributed by atoms with Gasteiger partial charge in [-0.25, -0.2) is 0 Å². The fourth-order valence-corrected chi connectivity index (χ4v) is 2.30. The highest BCUT2D eigenvalue weighted by molar-refractivity contribution is 9.10. The normalized spacial score (nSPS) is 19.9. The summed E-state index contributed by atoms with van der Waals surface area (Å²) in [7, 11) is 0. The van der Waals surface area contributed by atoms with E-state index >= 15 is 0 Å². The van der Waals surface area contributed by atoms with E-state index in [1.165, 1.54) is 6.07 Å². The predicted molar refractivity (Wildman–Crippen MR) is 69.8 cm³/mol. The van der Waals surface area contributed by atoms with Gasteiger partial charge in [-0.15, -0.1) is 0 Å². The smallest absolute Gasteiger partial charge is 0.292 e. The highest BCUT2D eigenvalue weighted by Crippen LogP contribution is 2.32. The fourth-order valence-electron chi connectivity index (χ4n) is 1.95. The van der Waals surface area contributed by atoms with E-state index in [0.29, 0.717) is 25.4 Å². The van der Waals surface area contributed by atoms with Gasteiger partial charge in [0.15, 0.2) is 0 Å². The Hall–Kier alpha value is -1.18. The Morgan fingerprint density at radius 2 is 2.39 bits per heavy atom. The van der Waals surface area contributed by atoms with E-state index < -0.39 is 4.92 Å². The molecular formula is C11H13BrN2O4. The first-order chi connectivity index (χ1) is 8.61. The van der Waals surface area contributed by atoms with E-state index in [2.05, 4.69) is 15.9 Å². The molecule has 0 saturated carbocycles. The van der Waals surface area contributed by atoms with Gasteiger partial charge in [-0.2, -0.15) is 0 Å². The first-order valence-corrected chi connectivity index (χ1v) is 6.32. The molecular weight excluding hydrogens is 304 g/mol. The highest BCUT2D eigenvalue weighted by atomic mass is 79.9. The molecule has 1 aliphatic rings. The van der Waals surface area contributed by atoms with Crippen molar-refractivity contribution in [2.75, 3.05) is 31.2 Å². The molecule has 2 rings (SSSR count). The summed E-state index contributed by atoms with van der Waals surface area (Å²) in [4.78, 5) is 12.5. The number of anilines is 1. The van der Waals surface area contributed by atoms with Gasteiger partial charge in [0, 0.05) is 23.6 Å². The Labute approximate surface area is 112 Å². The maximum atomic E-state index is 11.0. The van der Waals surface area contributed by atoms with Gasteiger partial charge in [0.1, 0.15) is 5.69 Å². The average molecular weight is 317 g/mol. The third-order valence-electron chi connectivity index (χ3n) is 2.82. The standard InChI is InChI=1S/C11H13BrN2O4/c12-8-1-2-10(14(16)17)11(5-8)13-3-4-18-9(6-13)7-15/h1-2,5,9,15H,3-4,6-7H2. The Balaban J connectivity index is 2.31. The number of morpholine rings is 1. The zero-order valence-electron chi connectivity index (χ0n) is 9.58. The van der Waals surface area contributed by atoms with E-state index in [-0.39, 0.29) is 18.4 Å². The second kappa shape index (κ2) is 5.64. The van der Waals surface area contributed by atoms with Crippen molar-refractivity contribution in [2.24, 2.45) is 0 Å². The second-order valence-corrected chi connectivity index (χ2v) is 4.93. The molecule has 1 atom stereocenters. The Morgan fingerprint density at radius 3 is 3.06 bits per heavy atom. The number of hydrogen-bond donors (Lipinski definition) is 1. The third-order valence-corrected chi connectivity index (χ3v) is 3.31. The molecule has 0 bridgehead atoms. The molecule has 0 aliphatic carbocycles. The fraction of sp³-hybridized carbons (Fsp3) is 0.455. The number of nitro benzene ring substituents is 1. The van der Waals surface area contributed by atoms with Gasteiger partial charge in [-0.1, -0.05) is 15.9 Å². The van der Waals surface area contributed by atoms with Crippen LogP contribution in [0.4, 0.5) is 11.4 Å². The number of rotatable bonds is 3. The van der Waals surface area contributed by atoms with Crippen molar-refractivity contribution < 1.29 is 14.8 Å². The molecule has 1 aliphatic heterocycles. The summed E-state index contributed by atoms with van der Waals surface area (Å²) in [6.07, 6.45) is -0.294. The van der Waals surface area contributed by atoms with Crippen LogP contribution < -0.4 is 4.90 Å². The van der Waals surface area contributed by atoms with Crippen molar-refractivity contribution in [2.45, 2.75) is 6.10 Å². The topological polar surface area (TPSA) is 75.8 Å². The largest absolute Gasteiger partial charge is 0.394 e. The van der Waals surface area contributed by atoms with Gasteiger partial charge >= 0.3 is 0 Å². The minimum absolute atomic E-state index is 0.0665. The Bertz CT molecular complexity index is 455. The molecule has 1 saturated heterocycles. The Kier molecular flexibility index (Phi) is 4.15. The van der Waals surface area contributed by atoms with Crippen molar-refractivity contribution in [3.63, 3.8) is 0 Å². The molecule has 1 aromatic carbocycles. The molecule has 1 N–H and O–H groups in total. The second-order valence-electron chi connectivity index (χ2n) is 4.01. The first kappa shape index (κ1) is 13.3. The summed E-state index contributed by atoms with van der Waals surface area (Å²) in [5.74, 6) is 0. The van der Waals surface area contributed by atoms with Crippen LogP contribution in [0.25, 0.3) is 0 Å². The lowest BCUT2D eigenvalue weighted by Gasteiger charge is -2.33. The lowest BCUT2D eigenvalue weighted by molar-refractivity contribution is -0.384. The summed E-state index contributed by atoms with van der Waals surface area (Å²) in [5.41, 5.74) is 0.618. The predicted octanol–water partition coefficient (Wildman–Crippen LogP) is 1.55. The summed E-state index contributed by atoms with van der Waals surface area (Å²) in [6, 6.07) is 4.84. The van der Waals surface area contributed by atoms with Gasteiger partial charge in [0.05, 0.1) is 24.2 Å². The molecule has 18 heavy (non-hydrogen) atoms. The van der Waals surface area contributed by atoms with Crippen LogP contribution in [-0.2, 0) is 4.74 Å². The maximum Gasteiger partial charge on any atom is 0.292 e. The summed E-state index contributed by atoms with van der Waals surface area (Å²) in [5, 5.41) is 20.1. The number of aliphatic hydroxyl groups excluding tert-OH is 1. The van der Waals surface area contributed by atoms with Gasteiger partial charge in [-0.05, 0) is 12.1 Å². The number of halogens is 1. The molecule has 1 heterocycles. The molecule has 7 heteroatoms. The average Bonchev–Trinajstić information content (AvgIpc) is 2.38. The molecule has 1 fully saturated rings. The lowest BCUT2D eigenvalue weighted by atomic mass is 10.2. The zero-order chi connectivity index (χ0) is 13.1. The Morgan fingerprint density at radius 1 is 1.61 bits per heavy atom. The van der Waals surface area contributed by atoms with Crippen LogP contribution in [-0.4, -0.2) is 42.4 Å². The summed E-state index contributed by atoms with van der Waals surface area (Å²) in [6.45, 7) is 1.40.